The van der Waals surface area contributed by atoms with Gasteiger partial charge in [0, 0.05) is 6.42 Å². The minimum absolute atomic E-state index is 0.246. The van der Waals surface area contributed by atoms with Gasteiger partial charge in [0.2, 0.25) is 0 Å². The maximum atomic E-state index is 11.2. The second-order valence-electron chi connectivity index (χ2n) is 3.98. The fourth-order valence-corrected chi connectivity index (χ4v) is 0.953. The van der Waals surface area contributed by atoms with E-state index in [1.165, 1.54) is 0 Å². The predicted octanol–water partition coefficient (Wildman–Crippen LogP) is 2.11. The van der Waals surface area contributed by atoms with Crippen molar-refractivity contribution in [3.63, 3.8) is 0 Å². The first-order valence-electron chi connectivity index (χ1n) is 4.88. The van der Waals surface area contributed by atoms with Gasteiger partial charge in [0.15, 0.2) is 5.78 Å². The van der Waals surface area contributed by atoms with E-state index in [1.807, 2.05) is 20.2 Å². The second-order valence-corrected chi connectivity index (χ2v) is 3.98. The second kappa shape index (κ2) is 6.84. The summed E-state index contributed by atoms with van der Waals surface area (Å²) >= 11 is 0. The molecule has 76 valence electrons. The number of hydrogen-bond acceptors (Lipinski definition) is 2. The quantitative estimate of drug-likeness (QED) is 0.588. The fourth-order valence-electron chi connectivity index (χ4n) is 0.953. The summed E-state index contributed by atoms with van der Waals surface area (Å²) in [5.41, 5.74) is 0. The summed E-state index contributed by atoms with van der Waals surface area (Å²) in [4.78, 5) is 13.3. The lowest BCUT2D eigenvalue weighted by Gasteiger charge is -2.07. The first-order chi connectivity index (χ1) is 6.02. The van der Waals surface area contributed by atoms with E-state index >= 15 is 0 Å². The summed E-state index contributed by atoms with van der Waals surface area (Å²) in [6.07, 6.45) is 5.29. The normalized spacial score (nSPS) is 11.8. The summed E-state index contributed by atoms with van der Waals surface area (Å²) in [5.74, 6) is 0.716. The third kappa shape index (κ3) is 9.28. The molecular formula is C11H21NO. The van der Waals surface area contributed by atoms with Crippen molar-refractivity contribution >= 4 is 5.78 Å². The smallest absolute Gasteiger partial charge is 0.155 e. The van der Waals surface area contributed by atoms with Gasteiger partial charge in [0.1, 0.15) is 0 Å². The van der Waals surface area contributed by atoms with Crippen molar-refractivity contribution in [2.45, 2.75) is 26.7 Å². The molecule has 0 amide bonds. The van der Waals surface area contributed by atoms with Crippen LogP contribution in [0, 0.1) is 5.92 Å². The number of carbonyl (C=O) groups excluding carboxylic acids is 1. The molecule has 0 heterocycles. The summed E-state index contributed by atoms with van der Waals surface area (Å²) in [6, 6.07) is 0. The number of hydrogen-bond donors (Lipinski definition) is 0. The van der Waals surface area contributed by atoms with Gasteiger partial charge in [-0.15, -0.1) is 0 Å². The largest absolute Gasteiger partial charge is 0.309 e. The average molecular weight is 183 g/mol. The topological polar surface area (TPSA) is 20.3 Å². The maximum absolute atomic E-state index is 11.2. The Labute approximate surface area is 81.6 Å². The van der Waals surface area contributed by atoms with Gasteiger partial charge in [0.05, 0.1) is 0 Å². The van der Waals surface area contributed by atoms with E-state index in [4.69, 9.17) is 0 Å². The zero-order valence-electron chi connectivity index (χ0n) is 9.21. The van der Waals surface area contributed by atoms with Crippen molar-refractivity contribution in [2.75, 3.05) is 20.6 Å². The van der Waals surface area contributed by atoms with Crippen LogP contribution >= 0.6 is 0 Å². The minimum atomic E-state index is 0.246. The number of allylic oxidation sites excluding steroid dienone is 2. The van der Waals surface area contributed by atoms with Crippen LogP contribution in [0.1, 0.15) is 26.7 Å². The van der Waals surface area contributed by atoms with Crippen molar-refractivity contribution < 1.29 is 4.79 Å². The number of carbonyl (C=O) groups is 1. The van der Waals surface area contributed by atoms with E-state index in [2.05, 4.69) is 18.7 Å². The molecule has 0 aromatic rings. The van der Waals surface area contributed by atoms with Gasteiger partial charge in [-0.1, -0.05) is 19.9 Å². The van der Waals surface area contributed by atoms with Gasteiger partial charge in [-0.3, -0.25) is 4.79 Å². The highest BCUT2D eigenvalue weighted by molar-refractivity contribution is 5.89. The van der Waals surface area contributed by atoms with Crippen LogP contribution in [-0.4, -0.2) is 31.3 Å². The zero-order valence-corrected chi connectivity index (χ0v) is 9.21. The molecule has 0 aromatic heterocycles. The molecule has 2 nitrogen and oxygen atoms in total. The van der Waals surface area contributed by atoms with Gasteiger partial charge in [-0.2, -0.15) is 0 Å². The molecule has 0 aromatic carbocycles. The Morgan fingerprint density at radius 1 is 1.38 bits per heavy atom. The molecule has 0 fully saturated rings. The molecule has 13 heavy (non-hydrogen) atoms. The van der Waals surface area contributed by atoms with Crippen molar-refractivity contribution in [1.82, 2.24) is 4.90 Å². The molecular weight excluding hydrogens is 162 g/mol. The Balaban J connectivity index is 3.52. The molecule has 0 radical (unpaired) electrons. The SMILES string of the molecule is CC(C)/C=C/C(=O)CCCN(C)C. The molecule has 0 aliphatic rings. The van der Waals surface area contributed by atoms with Crippen LogP contribution in [0.5, 0.6) is 0 Å². The lowest BCUT2D eigenvalue weighted by Crippen LogP contribution is -2.13. The lowest BCUT2D eigenvalue weighted by molar-refractivity contribution is -0.114. The highest BCUT2D eigenvalue weighted by Crippen LogP contribution is 1.98. The molecule has 0 saturated carbocycles. The van der Waals surface area contributed by atoms with Crippen molar-refractivity contribution in [3.8, 4) is 0 Å². The van der Waals surface area contributed by atoms with E-state index in [0.717, 1.165) is 13.0 Å². The number of nitrogens with zero attached hydrogens (tertiary/aromatic N) is 1. The summed E-state index contributed by atoms with van der Waals surface area (Å²) in [6.45, 7) is 5.13. The zero-order chi connectivity index (χ0) is 10.3. The van der Waals surface area contributed by atoms with Gasteiger partial charge >= 0.3 is 0 Å². The third-order valence-electron chi connectivity index (χ3n) is 1.70. The van der Waals surface area contributed by atoms with E-state index in [9.17, 15) is 4.79 Å². The van der Waals surface area contributed by atoms with E-state index in [1.54, 1.807) is 6.08 Å². The summed E-state index contributed by atoms with van der Waals surface area (Å²) < 4.78 is 0. The van der Waals surface area contributed by atoms with Gasteiger partial charge in [-0.25, -0.2) is 0 Å². The van der Waals surface area contributed by atoms with E-state index in [-0.39, 0.29) is 5.78 Å². The molecule has 0 N–H and O–H groups in total. The predicted molar refractivity (Wildman–Crippen MR) is 56.8 cm³/mol. The van der Waals surface area contributed by atoms with Crippen LogP contribution < -0.4 is 0 Å². The Morgan fingerprint density at radius 2 is 2.00 bits per heavy atom. The molecule has 0 atom stereocenters. The van der Waals surface area contributed by atoms with Gasteiger partial charge in [-0.05, 0) is 39.1 Å². The van der Waals surface area contributed by atoms with E-state index in [0.29, 0.717) is 12.3 Å². The molecule has 0 rings (SSSR count). The van der Waals surface area contributed by atoms with Crippen LogP contribution in [0.2, 0.25) is 0 Å². The van der Waals surface area contributed by atoms with Crippen LogP contribution in [-0.2, 0) is 4.79 Å². The van der Waals surface area contributed by atoms with Crippen LogP contribution in [0.4, 0.5) is 0 Å². The van der Waals surface area contributed by atoms with Crippen molar-refractivity contribution in [1.29, 1.82) is 0 Å². The van der Waals surface area contributed by atoms with Gasteiger partial charge in [0.25, 0.3) is 0 Å². The first-order valence-corrected chi connectivity index (χ1v) is 4.88. The Morgan fingerprint density at radius 3 is 2.46 bits per heavy atom. The Kier molecular flexibility index (Phi) is 6.51. The van der Waals surface area contributed by atoms with Crippen LogP contribution in [0.15, 0.2) is 12.2 Å². The molecule has 0 unspecified atom stereocenters. The van der Waals surface area contributed by atoms with Gasteiger partial charge < -0.3 is 4.90 Å². The van der Waals surface area contributed by atoms with E-state index < -0.39 is 0 Å². The van der Waals surface area contributed by atoms with Crippen LogP contribution in [0.3, 0.4) is 0 Å². The molecule has 2 heteroatoms. The molecule has 0 aliphatic heterocycles. The lowest BCUT2D eigenvalue weighted by atomic mass is 10.1. The Bertz CT molecular complexity index is 171. The van der Waals surface area contributed by atoms with Crippen molar-refractivity contribution in [2.24, 2.45) is 5.92 Å². The monoisotopic (exact) mass is 183 g/mol. The third-order valence-corrected chi connectivity index (χ3v) is 1.70. The number of rotatable bonds is 6. The molecule has 0 aliphatic carbocycles. The Hall–Kier alpha value is -0.630. The highest BCUT2D eigenvalue weighted by Gasteiger charge is 1.97. The average Bonchev–Trinajstić information content (AvgIpc) is 2.00. The number of ketones is 1. The molecule has 0 bridgehead atoms. The maximum Gasteiger partial charge on any atom is 0.155 e. The molecule has 0 spiro atoms. The minimum Gasteiger partial charge on any atom is -0.309 e. The standard InChI is InChI=1S/C11H21NO/c1-10(2)7-8-11(13)6-5-9-12(3)4/h7-8,10H,5-6,9H2,1-4H3/b8-7+. The summed E-state index contributed by atoms with van der Waals surface area (Å²) in [5, 5.41) is 0. The van der Waals surface area contributed by atoms with Crippen molar-refractivity contribution in [3.05, 3.63) is 12.2 Å². The summed E-state index contributed by atoms with van der Waals surface area (Å²) in [7, 11) is 4.04. The fraction of sp³-hybridized carbons (Fsp3) is 0.727. The highest BCUT2D eigenvalue weighted by atomic mass is 16.1. The first kappa shape index (κ1) is 12.4. The molecule has 0 saturated heterocycles. The van der Waals surface area contributed by atoms with Crippen LogP contribution in [0.25, 0.3) is 0 Å².